The van der Waals surface area contributed by atoms with E-state index in [4.69, 9.17) is 0 Å². The third-order valence-electron chi connectivity index (χ3n) is 5.98. The van der Waals surface area contributed by atoms with Gasteiger partial charge in [-0.15, -0.1) is 0 Å². The second kappa shape index (κ2) is 8.31. The van der Waals surface area contributed by atoms with Gasteiger partial charge in [-0.3, -0.25) is 0 Å². The zero-order chi connectivity index (χ0) is 28.0. The summed E-state index contributed by atoms with van der Waals surface area (Å²) in [6.07, 6.45) is 0. The van der Waals surface area contributed by atoms with Crippen molar-refractivity contribution in [2.45, 2.75) is 5.92 Å². The fourth-order valence-electron chi connectivity index (χ4n) is 4.32. The highest BCUT2D eigenvalue weighted by Crippen LogP contribution is 2.58. The predicted octanol–water partition coefficient (Wildman–Crippen LogP) is 6.12. The van der Waals surface area contributed by atoms with E-state index in [-0.39, 0.29) is 0 Å². The summed E-state index contributed by atoms with van der Waals surface area (Å²) < 4.78 is 177. The molecule has 0 saturated carbocycles. The molecule has 2 nitrogen and oxygen atoms in total. The van der Waals surface area contributed by atoms with Gasteiger partial charge < -0.3 is 9.68 Å². The van der Waals surface area contributed by atoms with E-state index in [0.717, 1.165) is 0 Å². The molecule has 0 aliphatic heterocycles. The zero-order valence-corrected chi connectivity index (χ0v) is 17.8. The van der Waals surface area contributed by atoms with E-state index in [9.17, 15) is 48.9 Å². The van der Waals surface area contributed by atoms with E-state index in [1.807, 2.05) is 0 Å². The smallest absolute Gasteiger partial charge is 0.530 e. The number of alkyl halides is 2. The van der Waals surface area contributed by atoms with E-state index in [1.54, 1.807) is 0 Å². The van der Waals surface area contributed by atoms with Crippen molar-refractivity contribution >= 4 is 23.4 Å². The van der Waals surface area contributed by atoms with Crippen LogP contribution in [0.2, 0.25) is 0 Å². The molecule has 4 aromatic carbocycles. The summed E-state index contributed by atoms with van der Waals surface area (Å²) in [4.78, 5) is 0. The number of halogens is 12. The number of hydrogen-bond acceptors (Lipinski definition) is 2. The van der Waals surface area contributed by atoms with E-state index < -0.39 is 115 Å². The van der Waals surface area contributed by atoms with E-state index >= 15 is 8.78 Å². The Morgan fingerprint density at radius 3 is 1.74 bits per heavy atom. The van der Waals surface area contributed by atoms with Crippen LogP contribution in [0.15, 0.2) is 24.3 Å². The Morgan fingerprint density at radius 1 is 0.579 bits per heavy atom. The highest BCUT2D eigenvalue weighted by atomic mass is 19.3. The van der Waals surface area contributed by atoms with Crippen LogP contribution in [-0.2, 0) is 5.92 Å². The quantitative estimate of drug-likeness (QED) is 0.144. The fraction of sp³-hybridized carbons (Fsp3) is 0.0435. The first-order valence-corrected chi connectivity index (χ1v) is 10.1. The Kier molecular flexibility index (Phi) is 5.64. The molecule has 15 heteroatoms. The molecule has 1 N–H and O–H groups in total. The Bertz CT molecular complexity index is 1710. The highest BCUT2D eigenvalue weighted by Gasteiger charge is 2.55. The largest absolute Gasteiger partial charge is 0.560 e. The molecule has 0 atom stereocenters. The minimum absolute atomic E-state index is 0.472. The lowest BCUT2D eigenvalue weighted by molar-refractivity contribution is 0.0404. The van der Waals surface area contributed by atoms with Gasteiger partial charge >= 0.3 is 13.0 Å². The molecule has 0 fully saturated rings. The van der Waals surface area contributed by atoms with Crippen molar-refractivity contribution in [3.8, 4) is 16.9 Å². The summed E-state index contributed by atoms with van der Waals surface area (Å²) in [6.45, 7) is 0. The maximum absolute atomic E-state index is 15.2. The molecule has 1 aliphatic rings. The highest BCUT2D eigenvalue weighted by molar-refractivity contribution is 6.63. The minimum atomic E-state index is -5.09. The van der Waals surface area contributed by atoms with Gasteiger partial charge in [0.25, 0.3) is 0 Å². The van der Waals surface area contributed by atoms with Crippen molar-refractivity contribution in [2.24, 2.45) is 0 Å². The van der Waals surface area contributed by atoms with Crippen molar-refractivity contribution in [3.05, 3.63) is 93.6 Å². The number of benzene rings is 4. The molecule has 0 bridgehead atoms. The fourth-order valence-corrected chi connectivity index (χ4v) is 4.32. The summed E-state index contributed by atoms with van der Waals surface area (Å²) in [5.74, 6) is -30.1. The van der Waals surface area contributed by atoms with Gasteiger partial charge in [0, 0.05) is 16.6 Å². The lowest BCUT2D eigenvalue weighted by Crippen LogP contribution is -2.38. The molecule has 0 radical (unpaired) electrons. The molecule has 38 heavy (non-hydrogen) atoms. The zero-order valence-electron chi connectivity index (χ0n) is 17.8. The Morgan fingerprint density at radius 2 is 1.11 bits per heavy atom. The molecule has 5 rings (SSSR count). The van der Waals surface area contributed by atoms with Crippen molar-refractivity contribution < 1.29 is 62.4 Å². The Balaban J connectivity index is 1.77. The average Bonchev–Trinajstić information content (AvgIpc) is 3.12. The normalized spacial score (nSPS) is 13.6. The van der Waals surface area contributed by atoms with Crippen molar-refractivity contribution in [2.75, 3.05) is 0 Å². The third kappa shape index (κ3) is 3.23. The van der Waals surface area contributed by atoms with Crippen LogP contribution in [0, 0.1) is 58.2 Å². The molecular formula is C23H5BF12O2. The third-order valence-corrected chi connectivity index (χ3v) is 5.98. The van der Waals surface area contributed by atoms with E-state index in [0.29, 0.717) is 24.3 Å². The summed E-state index contributed by atoms with van der Waals surface area (Å²) in [5, 5.41) is 8.77. The van der Waals surface area contributed by atoms with Crippen LogP contribution in [0.3, 0.4) is 0 Å². The molecule has 0 unspecified atom stereocenters. The van der Waals surface area contributed by atoms with Gasteiger partial charge in [-0.25, -0.2) is 39.5 Å². The molecule has 0 amide bonds. The number of rotatable bonds is 3. The van der Waals surface area contributed by atoms with Gasteiger partial charge in [-0.2, -0.15) is 13.2 Å². The number of fused-ring (bicyclic) bond motifs is 4. The van der Waals surface area contributed by atoms with Gasteiger partial charge in [-0.05, 0) is 17.5 Å². The minimum Gasteiger partial charge on any atom is -0.530 e. The standard InChI is InChI=1S/C23H5BF12O2/c25-7-4-2-6(5-1-3-8(26)14(27)9(5)7)24(37)38-22-13-11(16(29)19(32)21(22)34)10-12(23(13,35)36)17(30)20(33)18(31)15(10)28/h1-4,37H. The van der Waals surface area contributed by atoms with Gasteiger partial charge in [0.2, 0.25) is 5.82 Å². The molecule has 0 aromatic heterocycles. The second-order valence-electron chi connectivity index (χ2n) is 7.99. The SMILES string of the molecule is OB(Oc1c(F)c(F)c(F)c2c1C(F)(F)c1c(F)c(F)c(F)c(F)c1-2)c1ccc(F)c2c(F)c(F)ccc12. The van der Waals surface area contributed by atoms with Crippen molar-refractivity contribution in [1.82, 2.24) is 0 Å². The Hall–Kier alpha value is -3.88. The molecule has 0 saturated heterocycles. The number of hydrogen-bond donors (Lipinski definition) is 1. The predicted molar refractivity (Wildman–Crippen MR) is 107 cm³/mol. The van der Waals surface area contributed by atoms with Crippen LogP contribution in [0.4, 0.5) is 52.7 Å². The first-order valence-electron chi connectivity index (χ1n) is 10.1. The molecule has 1 aliphatic carbocycles. The van der Waals surface area contributed by atoms with Crippen LogP contribution in [0.5, 0.6) is 5.75 Å². The first kappa shape index (κ1) is 25.8. The van der Waals surface area contributed by atoms with Gasteiger partial charge in [0.1, 0.15) is 5.82 Å². The van der Waals surface area contributed by atoms with Gasteiger partial charge in [0.15, 0.2) is 52.3 Å². The summed E-state index contributed by atoms with van der Waals surface area (Å²) in [5.41, 5.74) is -9.09. The monoisotopic (exact) mass is 552 g/mol. The lowest BCUT2D eigenvalue weighted by Gasteiger charge is -2.20. The summed E-state index contributed by atoms with van der Waals surface area (Å²) >= 11 is 0. The van der Waals surface area contributed by atoms with Crippen molar-refractivity contribution in [1.29, 1.82) is 0 Å². The average molecular weight is 552 g/mol. The summed E-state index contributed by atoms with van der Waals surface area (Å²) in [7, 11) is -2.73. The van der Waals surface area contributed by atoms with Crippen LogP contribution in [0.25, 0.3) is 21.9 Å². The first-order chi connectivity index (χ1) is 17.7. The van der Waals surface area contributed by atoms with Gasteiger partial charge in [0.05, 0.1) is 16.5 Å². The van der Waals surface area contributed by atoms with Crippen LogP contribution in [-0.4, -0.2) is 12.1 Å². The molecule has 196 valence electrons. The molecule has 0 spiro atoms. The maximum Gasteiger partial charge on any atom is 0.560 e. The Labute approximate surface area is 202 Å². The topological polar surface area (TPSA) is 29.5 Å². The lowest BCUT2D eigenvalue weighted by atomic mass is 9.76. The second-order valence-corrected chi connectivity index (χ2v) is 7.99. The van der Waals surface area contributed by atoms with Crippen LogP contribution in [0.1, 0.15) is 11.1 Å². The van der Waals surface area contributed by atoms with E-state index in [2.05, 4.69) is 4.65 Å². The van der Waals surface area contributed by atoms with Crippen molar-refractivity contribution in [3.63, 3.8) is 0 Å². The molecule has 0 heterocycles. The van der Waals surface area contributed by atoms with Gasteiger partial charge in [-0.1, -0.05) is 12.1 Å². The van der Waals surface area contributed by atoms with Crippen LogP contribution < -0.4 is 10.1 Å². The molecule has 4 aromatic rings. The van der Waals surface area contributed by atoms with E-state index in [1.165, 1.54) is 0 Å². The summed E-state index contributed by atoms with van der Waals surface area (Å²) in [6, 6.07) is 2.32. The van der Waals surface area contributed by atoms with Crippen LogP contribution >= 0.6 is 0 Å². The molecular weight excluding hydrogens is 547 g/mol. The maximum atomic E-state index is 15.2.